The van der Waals surface area contributed by atoms with Gasteiger partial charge in [-0.1, -0.05) is 30.7 Å². The predicted molar refractivity (Wildman–Crippen MR) is 107 cm³/mol. The Morgan fingerprint density at radius 1 is 1.12 bits per heavy atom. The first-order valence-electron chi connectivity index (χ1n) is 8.84. The number of nitrogens with zero attached hydrogens (tertiary/aromatic N) is 2. The topological polar surface area (TPSA) is 44.8 Å². The molecule has 0 aromatic heterocycles. The van der Waals surface area contributed by atoms with Gasteiger partial charge in [0.15, 0.2) is 0 Å². The van der Waals surface area contributed by atoms with Crippen LogP contribution >= 0.6 is 11.6 Å². The Morgan fingerprint density at radius 2 is 1.81 bits per heavy atom. The molecule has 1 heterocycles. The van der Waals surface area contributed by atoms with Gasteiger partial charge in [0.1, 0.15) is 5.75 Å². The highest BCUT2D eigenvalue weighted by molar-refractivity contribution is 6.32. The zero-order valence-corrected chi connectivity index (χ0v) is 15.9. The summed E-state index contributed by atoms with van der Waals surface area (Å²) in [6, 6.07) is 13.8. The molecule has 0 atom stereocenters. The molecule has 138 valence electrons. The van der Waals surface area contributed by atoms with Crippen LogP contribution in [0.2, 0.25) is 5.02 Å². The molecule has 3 rings (SSSR count). The van der Waals surface area contributed by atoms with Gasteiger partial charge >= 0.3 is 6.03 Å². The van der Waals surface area contributed by atoms with Crippen molar-refractivity contribution in [3.05, 3.63) is 53.1 Å². The summed E-state index contributed by atoms with van der Waals surface area (Å²) in [6.45, 7) is 5.17. The lowest BCUT2D eigenvalue weighted by Crippen LogP contribution is -2.50. The SMILES string of the molecule is CCc1ccc(N2CCN(C(=O)Nc3ccc(OC)c(Cl)c3)CC2)cc1. The predicted octanol–water partition coefficient (Wildman–Crippen LogP) is 4.27. The van der Waals surface area contributed by atoms with Crippen molar-refractivity contribution in [3.8, 4) is 5.75 Å². The van der Waals surface area contributed by atoms with E-state index in [2.05, 4.69) is 41.4 Å². The molecule has 1 aliphatic rings. The number of carbonyl (C=O) groups is 1. The van der Waals surface area contributed by atoms with Crippen molar-refractivity contribution >= 4 is 29.0 Å². The first-order chi connectivity index (χ1) is 12.6. The first-order valence-corrected chi connectivity index (χ1v) is 9.22. The number of anilines is 2. The largest absolute Gasteiger partial charge is 0.495 e. The van der Waals surface area contributed by atoms with Crippen LogP contribution in [-0.4, -0.2) is 44.2 Å². The normalized spacial score (nSPS) is 14.3. The Balaban J connectivity index is 1.55. The number of amides is 2. The molecule has 26 heavy (non-hydrogen) atoms. The number of rotatable bonds is 4. The Kier molecular flexibility index (Phi) is 5.89. The van der Waals surface area contributed by atoms with Crippen molar-refractivity contribution in [2.75, 3.05) is 43.5 Å². The van der Waals surface area contributed by atoms with Gasteiger partial charge in [0.2, 0.25) is 0 Å². The van der Waals surface area contributed by atoms with Crippen LogP contribution in [0.5, 0.6) is 5.75 Å². The molecule has 2 aromatic carbocycles. The van der Waals surface area contributed by atoms with Gasteiger partial charge in [-0.2, -0.15) is 0 Å². The van der Waals surface area contributed by atoms with Crippen molar-refractivity contribution in [2.24, 2.45) is 0 Å². The third-order valence-corrected chi connectivity index (χ3v) is 4.98. The second-order valence-electron chi connectivity index (χ2n) is 6.27. The molecule has 0 bridgehead atoms. The molecular formula is C20H24ClN3O2. The number of halogens is 1. The van der Waals surface area contributed by atoms with E-state index in [1.165, 1.54) is 11.3 Å². The van der Waals surface area contributed by atoms with E-state index in [1.54, 1.807) is 25.3 Å². The number of ether oxygens (including phenoxy) is 1. The fraction of sp³-hybridized carbons (Fsp3) is 0.350. The summed E-state index contributed by atoms with van der Waals surface area (Å²) >= 11 is 6.11. The van der Waals surface area contributed by atoms with Gasteiger partial charge in [-0.05, 0) is 42.3 Å². The van der Waals surface area contributed by atoms with Gasteiger partial charge < -0.3 is 19.9 Å². The van der Waals surface area contributed by atoms with Crippen molar-refractivity contribution in [2.45, 2.75) is 13.3 Å². The quantitative estimate of drug-likeness (QED) is 0.870. The number of aryl methyl sites for hydroxylation is 1. The lowest BCUT2D eigenvalue weighted by molar-refractivity contribution is 0.208. The molecule has 0 radical (unpaired) electrons. The highest BCUT2D eigenvalue weighted by Gasteiger charge is 2.21. The Labute approximate surface area is 159 Å². The minimum absolute atomic E-state index is 0.104. The van der Waals surface area contributed by atoms with Gasteiger partial charge in [0, 0.05) is 37.6 Å². The zero-order valence-electron chi connectivity index (χ0n) is 15.2. The van der Waals surface area contributed by atoms with Crippen LogP contribution in [0.3, 0.4) is 0 Å². The minimum atomic E-state index is -0.104. The van der Waals surface area contributed by atoms with Gasteiger partial charge in [-0.25, -0.2) is 4.79 Å². The third kappa shape index (κ3) is 4.22. The molecule has 6 heteroatoms. The molecule has 0 aliphatic carbocycles. The average molecular weight is 374 g/mol. The Morgan fingerprint density at radius 3 is 2.38 bits per heavy atom. The van der Waals surface area contributed by atoms with E-state index in [0.29, 0.717) is 29.5 Å². The van der Waals surface area contributed by atoms with Crippen LogP contribution in [-0.2, 0) is 6.42 Å². The van der Waals surface area contributed by atoms with Gasteiger partial charge in [-0.15, -0.1) is 0 Å². The number of benzene rings is 2. The van der Waals surface area contributed by atoms with Crippen molar-refractivity contribution in [1.82, 2.24) is 4.90 Å². The maximum absolute atomic E-state index is 12.5. The summed E-state index contributed by atoms with van der Waals surface area (Å²) in [5.74, 6) is 0.590. The molecule has 1 saturated heterocycles. The summed E-state index contributed by atoms with van der Waals surface area (Å²) in [4.78, 5) is 16.6. The fourth-order valence-electron chi connectivity index (χ4n) is 3.06. The van der Waals surface area contributed by atoms with Crippen LogP contribution in [0.15, 0.2) is 42.5 Å². The van der Waals surface area contributed by atoms with Crippen LogP contribution in [0.25, 0.3) is 0 Å². The number of hydrogen-bond donors (Lipinski definition) is 1. The van der Waals surface area contributed by atoms with Crippen LogP contribution < -0.4 is 15.0 Å². The zero-order chi connectivity index (χ0) is 18.5. The molecule has 1 aliphatic heterocycles. The average Bonchev–Trinajstić information content (AvgIpc) is 2.68. The molecule has 2 amide bonds. The number of hydrogen-bond acceptors (Lipinski definition) is 3. The number of nitrogens with one attached hydrogen (secondary N) is 1. The van der Waals surface area contributed by atoms with E-state index in [4.69, 9.17) is 16.3 Å². The van der Waals surface area contributed by atoms with Gasteiger partial charge in [0.25, 0.3) is 0 Å². The van der Waals surface area contributed by atoms with E-state index in [1.807, 2.05) is 4.90 Å². The molecule has 1 fully saturated rings. The summed E-state index contributed by atoms with van der Waals surface area (Å²) in [7, 11) is 1.56. The maximum atomic E-state index is 12.5. The summed E-state index contributed by atoms with van der Waals surface area (Å²) in [5, 5.41) is 3.38. The van der Waals surface area contributed by atoms with Crippen LogP contribution in [0, 0.1) is 0 Å². The second-order valence-corrected chi connectivity index (χ2v) is 6.68. The number of urea groups is 1. The monoisotopic (exact) mass is 373 g/mol. The standard InChI is InChI=1S/C20H24ClN3O2/c1-3-15-4-7-17(8-5-15)23-10-12-24(13-11-23)20(25)22-16-6-9-19(26-2)18(21)14-16/h4-9,14H,3,10-13H2,1-2H3,(H,22,25). The lowest BCUT2D eigenvalue weighted by atomic mass is 10.1. The van der Waals surface area contributed by atoms with E-state index in [0.717, 1.165) is 19.5 Å². The molecule has 0 saturated carbocycles. The molecule has 5 nitrogen and oxygen atoms in total. The third-order valence-electron chi connectivity index (χ3n) is 4.68. The van der Waals surface area contributed by atoms with Gasteiger partial charge in [0.05, 0.1) is 12.1 Å². The van der Waals surface area contributed by atoms with Crippen LogP contribution in [0.1, 0.15) is 12.5 Å². The fourth-order valence-corrected chi connectivity index (χ4v) is 3.31. The molecule has 1 N–H and O–H groups in total. The molecule has 2 aromatic rings. The molecule has 0 spiro atoms. The molecular weight excluding hydrogens is 350 g/mol. The van der Waals surface area contributed by atoms with E-state index >= 15 is 0 Å². The van der Waals surface area contributed by atoms with E-state index in [-0.39, 0.29) is 6.03 Å². The summed E-state index contributed by atoms with van der Waals surface area (Å²) in [6.07, 6.45) is 1.05. The van der Waals surface area contributed by atoms with E-state index in [9.17, 15) is 4.79 Å². The summed E-state index contributed by atoms with van der Waals surface area (Å²) < 4.78 is 5.13. The smallest absolute Gasteiger partial charge is 0.321 e. The Bertz CT molecular complexity index is 756. The maximum Gasteiger partial charge on any atom is 0.321 e. The van der Waals surface area contributed by atoms with Crippen LogP contribution in [0.4, 0.5) is 16.2 Å². The minimum Gasteiger partial charge on any atom is -0.495 e. The lowest BCUT2D eigenvalue weighted by Gasteiger charge is -2.36. The summed E-state index contributed by atoms with van der Waals surface area (Å²) in [5.41, 5.74) is 3.22. The Hall–Kier alpha value is -2.40. The molecule has 0 unspecified atom stereocenters. The first kappa shape index (κ1) is 18.4. The number of piperazine rings is 1. The van der Waals surface area contributed by atoms with Crippen molar-refractivity contribution in [3.63, 3.8) is 0 Å². The number of carbonyl (C=O) groups excluding carboxylic acids is 1. The second kappa shape index (κ2) is 8.32. The number of methoxy groups -OCH3 is 1. The van der Waals surface area contributed by atoms with Gasteiger partial charge in [-0.3, -0.25) is 0 Å². The highest BCUT2D eigenvalue weighted by Crippen LogP contribution is 2.27. The van der Waals surface area contributed by atoms with Crippen molar-refractivity contribution in [1.29, 1.82) is 0 Å². The van der Waals surface area contributed by atoms with Crippen molar-refractivity contribution < 1.29 is 9.53 Å². The van der Waals surface area contributed by atoms with E-state index < -0.39 is 0 Å². The highest BCUT2D eigenvalue weighted by atomic mass is 35.5.